The number of rotatable bonds is 37. The summed E-state index contributed by atoms with van der Waals surface area (Å²) in [7, 11) is 2.13. The van der Waals surface area contributed by atoms with Gasteiger partial charge in [-0.05, 0) is 99.9 Å². The maximum Gasteiger partial charge on any atom is 0.166 e. The Morgan fingerprint density at radius 2 is 1.30 bits per heavy atom. The molecule has 3 aromatic carbocycles. The number of hydrogen-bond donors (Lipinski definition) is 5. The van der Waals surface area contributed by atoms with E-state index in [4.69, 9.17) is 62.7 Å². The van der Waals surface area contributed by atoms with Gasteiger partial charge in [-0.25, -0.2) is 0 Å². The van der Waals surface area contributed by atoms with Gasteiger partial charge in [0, 0.05) is 48.3 Å². The molecule has 3 aliphatic carbocycles. The molecule has 2 bridgehead atoms. The van der Waals surface area contributed by atoms with Crippen molar-refractivity contribution in [3.05, 3.63) is 101 Å². The van der Waals surface area contributed by atoms with Crippen LogP contribution in [0.2, 0.25) is 0 Å². The number of aliphatic hydroxyl groups is 4. The molecule has 456 valence electrons. The van der Waals surface area contributed by atoms with Gasteiger partial charge < -0.3 is 82.6 Å². The number of carbonyl (C=O) groups is 1. The van der Waals surface area contributed by atoms with E-state index >= 15 is 0 Å². The van der Waals surface area contributed by atoms with Crippen LogP contribution in [0.5, 0.6) is 17.2 Å². The van der Waals surface area contributed by atoms with Crippen molar-refractivity contribution in [2.24, 2.45) is 5.92 Å². The van der Waals surface area contributed by atoms with Gasteiger partial charge in [-0.15, -0.1) is 0 Å². The second kappa shape index (κ2) is 39.5. The molecule has 2 saturated carbocycles. The second-order valence-electron chi connectivity index (χ2n) is 20.5. The number of benzene rings is 3. The monoisotopic (exact) mass is 1270 g/mol. The van der Waals surface area contributed by atoms with Gasteiger partial charge in [0.05, 0.1) is 130 Å². The normalized spacial score (nSPS) is 21.2. The minimum atomic E-state index is -0.868. The molecule has 1 spiro atoms. The maximum atomic E-state index is 12.6. The molecule has 5 N–H and O–H groups in total. The SMILES string of the molecule is Cc1ccc(OC(CCN(C)CCOCCOC/C=C2/CC[C@@]3(O)[C@H]4Cc5ccc(O)c6c5[C@@]3(CCN4CC3CC3)[C@H]2O6)c2ccccc2)cc1.O=CCOCCOCCBr.OCCOCCOCCBr.OCCOCCOCCO. The number of ether oxygens (including phenoxy) is 10. The molecule has 8 rings (SSSR count). The summed E-state index contributed by atoms with van der Waals surface area (Å²) in [5.74, 6) is 2.44. The van der Waals surface area contributed by atoms with Crippen molar-refractivity contribution in [1.29, 1.82) is 0 Å². The highest BCUT2D eigenvalue weighted by Crippen LogP contribution is 2.66. The standard InChI is InChI=1S/C43H54N2O6.C6H13BrO3.C6H11BrO3.C6H14O4/c1-30-8-13-35(14-9-30)50-37(32-6-4-3-5-7-32)17-21-44(2)23-25-49-27-26-48-24-18-33-16-19-43(47)38-28-34-12-15-36(46)40-39(34)42(43,41(33)51-40)20-22-45(38)29-31-10-11-31;3*7-1-3-9-5-6-10-4-2-8/h3-9,12-15,18,31,37-38,41,46-47H,10-11,16-17,19-29H2,1-2H3;8H,1-6H2;2H,1,3-6H2;7-8H,1-6H2/b33-18-;;;/t37?,38-,41+,42+,43-;;;/m1.../s1. The molecule has 1 unspecified atom stereocenters. The van der Waals surface area contributed by atoms with E-state index in [-0.39, 0.29) is 50.4 Å². The summed E-state index contributed by atoms with van der Waals surface area (Å²) in [4.78, 5) is 14.6. The van der Waals surface area contributed by atoms with E-state index < -0.39 is 11.0 Å². The van der Waals surface area contributed by atoms with Crippen LogP contribution in [0.1, 0.15) is 66.9 Å². The summed E-state index contributed by atoms with van der Waals surface area (Å²) in [5, 5.41) is 50.0. The number of aliphatic hydroxyl groups excluding tert-OH is 3. The number of aromatic hydroxyl groups is 1. The van der Waals surface area contributed by atoms with Crippen molar-refractivity contribution in [2.75, 3.05) is 169 Å². The summed E-state index contributed by atoms with van der Waals surface area (Å²) in [6, 6.07) is 22.6. The highest BCUT2D eigenvalue weighted by molar-refractivity contribution is 9.09. The average Bonchev–Trinajstić information content (AvgIpc) is 4.15. The fraction of sp³-hybridized carbons (Fsp3) is 0.656. The lowest BCUT2D eigenvalue weighted by Gasteiger charge is -2.63. The van der Waals surface area contributed by atoms with Crippen molar-refractivity contribution < 1.29 is 77.7 Å². The first-order valence-corrected chi connectivity index (χ1v) is 31.0. The number of aryl methyl sites for hydroxylation is 1. The molecule has 0 amide bonds. The molecule has 18 nitrogen and oxygen atoms in total. The highest BCUT2D eigenvalue weighted by atomic mass is 79.9. The number of nitrogens with zero attached hydrogens (tertiary/aromatic N) is 2. The molecule has 1 saturated heterocycles. The number of carbonyl (C=O) groups excluding carboxylic acids is 1. The summed E-state index contributed by atoms with van der Waals surface area (Å²) < 4.78 is 54.7. The van der Waals surface area contributed by atoms with E-state index in [1.807, 2.05) is 18.2 Å². The van der Waals surface area contributed by atoms with Gasteiger partial charge in [0.1, 0.15) is 30.9 Å². The Morgan fingerprint density at radius 1 is 0.716 bits per heavy atom. The van der Waals surface area contributed by atoms with Crippen LogP contribution in [0.3, 0.4) is 0 Å². The van der Waals surface area contributed by atoms with Crippen molar-refractivity contribution in [2.45, 2.75) is 81.1 Å². The topological polar surface area (TPSA) is 217 Å². The third-order valence-electron chi connectivity index (χ3n) is 14.8. The van der Waals surface area contributed by atoms with Gasteiger partial charge in [-0.2, -0.15) is 0 Å². The molecule has 2 aliphatic heterocycles. The molecule has 0 radical (unpaired) electrons. The predicted molar refractivity (Wildman–Crippen MR) is 317 cm³/mol. The van der Waals surface area contributed by atoms with Crippen LogP contribution in [0.4, 0.5) is 0 Å². The minimum absolute atomic E-state index is 0.0198. The molecule has 3 fully saturated rings. The lowest BCUT2D eigenvalue weighted by atomic mass is 9.48. The van der Waals surface area contributed by atoms with Gasteiger partial charge in [0.25, 0.3) is 0 Å². The molecule has 2 heterocycles. The predicted octanol–water partition coefficient (Wildman–Crippen LogP) is 6.39. The zero-order valence-electron chi connectivity index (χ0n) is 47.8. The van der Waals surface area contributed by atoms with Gasteiger partial charge in [-0.1, -0.05) is 92.0 Å². The number of hydrogen-bond acceptors (Lipinski definition) is 18. The van der Waals surface area contributed by atoms with Gasteiger partial charge in [0.15, 0.2) is 11.5 Å². The minimum Gasteiger partial charge on any atom is -0.504 e. The second-order valence-corrected chi connectivity index (χ2v) is 22.1. The Morgan fingerprint density at radius 3 is 1.88 bits per heavy atom. The van der Waals surface area contributed by atoms with Crippen LogP contribution in [-0.4, -0.2) is 229 Å². The largest absolute Gasteiger partial charge is 0.504 e. The fourth-order valence-corrected chi connectivity index (χ4v) is 11.2. The molecule has 20 heteroatoms. The smallest absolute Gasteiger partial charge is 0.166 e. The molecule has 81 heavy (non-hydrogen) atoms. The third kappa shape index (κ3) is 22.3. The third-order valence-corrected chi connectivity index (χ3v) is 15.4. The van der Waals surface area contributed by atoms with Crippen LogP contribution in [0.25, 0.3) is 0 Å². The quantitative estimate of drug-likeness (QED) is 0.0183. The zero-order chi connectivity index (χ0) is 58.0. The van der Waals surface area contributed by atoms with E-state index in [1.54, 1.807) is 6.07 Å². The van der Waals surface area contributed by atoms with Gasteiger partial charge in [0.2, 0.25) is 0 Å². The number of aldehydes is 1. The zero-order valence-corrected chi connectivity index (χ0v) is 51.0. The summed E-state index contributed by atoms with van der Waals surface area (Å²) in [5.41, 5.74) is 4.49. The highest BCUT2D eigenvalue weighted by Gasteiger charge is 2.72. The Balaban J connectivity index is 0.000000328. The van der Waals surface area contributed by atoms with E-state index in [9.17, 15) is 15.0 Å². The summed E-state index contributed by atoms with van der Waals surface area (Å²) in [6.45, 7) is 14.0. The van der Waals surface area contributed by atoms with E-state index in [2.05, 4.69) is 104 Å². The Labute approximate surface area is 497 Å². The molecule has 0 aromatic heterocycles. The van der Waals surface area contributed by atoms with E-state index in [0.717, 1.165) is 86.0 Å². The van der Waals surface area contributed by atoms with Crippen LogP contribution in [0, 0.1) is 12.8 Å². The van der Waals surface area contributed by atoms with E-state index in [0.29, 0.717) is 111 Å². The first-order valence-electron chi connectivity index (χ1n) is 28.7. The van der Waals surface area contributed by atoms with Crippen molar-refractivity contribution in [1.82, 2.24) is 9.80 Å². The lowest BCUT2D eigenvalue weighted by molar-refractivity contribution is -0.174. The summed E-state index contributed by atoms with van der Waals surface area (Å²) in [6.07, 6.45) is 9.23. The number of halogens is 2. The van der Waals surface area contributed by atoms with Crippen LogP contribution >= 0.6 is 31.9 Å². The van der Waals surface area contributed by atoms with Crippen LogP contribution < -0.4 is 9.47 Å². The number of phenols is 1. The molecular formula is C61H92Br2N2O16. The first kappa shape index (κ1) is 68.6. The Hall–Kier alpha value is -3.13. The van der Waals surface area contributed by atoms with Gasteiger partial charge >= 0.3 is 0 Å². The molecule has 5 atom stereocenters. The number of likely N-dealkylation sites (N-methyl/N-ethyl adjacent to an activating group) is 1. The molecule has 5 aliphatic rings. The fourth-order valence-electron chi connectivity index (χ4n) is 10.7. The Bertz CT molecular complexity index is 2150. The van der Waals surface area contributed by atoms with E-state index in [1.165, 1.54) is 35.1 Å². The van der Waals surface area contributed by atoms with Gasteiger partial charge in [-0.3, -0.25) is 4.90 Å². The maximum absolute atomic E-state index is 12.6. The average molecular weight is 1270 g/mol. The van der Waals surface area contributed by atoms with Crippen molar-refractivity contribution in [3.8, 4) is 17.2 Å². The van der Waals surface area contributed by atoms with Crippen LogP contribution in [-0.2, 0) is 54.5 Å². The Kier molecular flexibility index (Phi) is 33.5. The molecular weight excluding hydrogens is 1180 g/mol. The molecule has 3 aromatic rings. The number of phenolic OH excluding ortho intramolecular Hbond substituents is 1. The number of piperidine rings is 1. The van der Waals surface area contributed by atoms with Crippen LogP contribution in [0.15, 0.2) is 78.4 Å². The van der Waals surface area contributed by atoms with Crippen molar-refractivity contribution in [3.63, 3.8) is 0 Å². The summed E-state index contributed by atoms with van der Waals surface area (Å²) >= 11 is 6.44. The van der Waals surface area contributed by atoms with Crippen molar-refractivity contribution >= 4 is 38.1 Å². The first-order chi connectivity index (χ1) is 39.6. The number of alkyl halides is 2. The number of likely N-dealkylation sites (tertiary alicyclic amines) is 1. The lowest BCUT2D eigenvalue weighted by Crippen LogP contribution is -2.75.